The fourth-order valence-electron chi connectivity index (χ4n) is 1.67. The Hall–Kier alpha value is -1.95. The summed E-state index contributed by atoms with van der Waals surface area (Å²) < 4.78 is 56.1. The molecule has 2 aromatic rings. The van der Waals surface area contributed by atoms with Crippen LogP contribution in [0, 0.1) is 5.82 Å². The third kappa shape index (κ3) is 3.78. The van der Waals surface area contributed by atoms with Crippen LogP contribution >= 0.6 is 11.6 Å². The Kier molecular flexibility index (Phi) is 4.27. The minimum atomic E-state index is -4.78. The monoisotopic (exact) mass is 319 g/mol. The van der Waals surface area contributed by atoms with Crippen molar-refractivity contribution in [3.63, 3.8) is 0 Å². The lowest BCUT2D eigenvalue weighted by atomic mass is 10.2. The molecule has 0 radical (unpaired) electrons. The van der Waals surface area contributed by atoms with Crippen molar-refractivity contribution in [1.82, 2.24) is 0 Å². The van der Waals surface area contributed by atoms with Gasteiger partial charge in [0.15, 0.2) is 0 Å². The fraction of sp³-hybridized carbons (Fsp3) is 0.143. The standard InChI is InChI=1S/C14H10ClF4NO/c15-9-2-1-8(13(20)5-9)7-21-10-3-4-12(16)11(6-10)14(17,18)19/h1-6H,7,20H2. The van der Waals surface area contributed by atoms with Crippen LogP contribution in [0.4, 0.5) is 23.2 Å². The van der Waals surface area contributed by atoms with Crippen LogP contribution in [0.15, 0.2) is 36.4 Å². The number of ether oxygens (including phenoxy) is 1. The third-order valence-corrected chi connectivity index (χ3v) is 2.98. The van der Waals surface area contributed by atoms with Gasteiger partial charge < -0.3 is 10.5 Å². The van der Waals surface area contributed by atoms with Gasteiger partial charge in [0.1, 0.15) is 18.2 Å². The van der Waals surface area contributed by atoms with Gasteiger partial charge in [-0.25, -0.2) is 4.39 Å². The van der Waals surface area contributed by atoms with Crippen LogP contribution in [0.2, 0.25) is 5.02 Å². The van der Waals surface area contributed by atoms with Crippen molar-refractivity contribution in [3.8, 4) is 5.75 Å². The highest BCUT2D eigenvalue weighted by Crippen LogP contribution is 2.33. The minimum absolute atomic E-state index is 0.0497. The molecule has 0 heterocycles. The first-order valence-corrected chi connectivity index (χ1v) is 6.18. The molecule has 0 bridgehead atoms. The summed E-state index contributed by atoms with van der Waals surface area (Å²) in [5, 5.41) is 0.442. The first-order chi connectivity index (χ1) is 9.77. The Morgan fingerprint density at radius 3 is 2.43 bits per heavy atom. The predicted octanol–water partition coefficient (Wildman–Crippen LogP) is 4.66. The summed E-state index contributed by atoms with van der Waals surface area (Å²) in [6.45, 7) is -0.0497. The van der Waals surface area contributed by atoms with Crippen molar-refractivity contribution in [2.45, 2.75) is 12.8 Å². The van der Waals surface area contributed by atoms with Gasteiger partial charge in [-0.1, -0.05) is 17.7 Å². The molecule has 0 spiro atoms. The highest BCUT2D eigenvalue weighted by molar-refractivity contribution is 6.30. The topological polar surface area (TPSA) is 35.2 Å². The van der Waals surface area contributed by atoms with E-state index in [4.69, 9.17) is 22.1 Å². The van der Waals surface area contributed by atoms with Crippen molar-refractivity contribution in [1.29, 1.82) is 0 Å². The molecule has 2 aromatic carbocycles. The predicted molar refractivity (Wildman–Crippen MR) is 71.6 cm³/mol. The molecule has 0 aliphatic carbocycles. The Labute approximate surface area is 123 Å². The first kappa shape index (κ1) is 15.4. The minimum Gasteiger partial charge on any atom is -0.489 e. The van der Waals surface area contributed by atoms with Gasteiger partial charge in [-0.15, -0.1) is 0 Å². The highest BCUT2D eigenvalue weighted by Gasteiger charge is 2.34. The summed E-state index contributed by atoms with van der Waals surface area (Å²) in [5.74, 6) is -1.45. The SMILES string of the molecule is Nc1cc(Cl)ccc1COc1ccc(F)c(C(F)(F)F)c1. The average Bonchev–Trinajstić information content (AvgIpc) is 2.38. The maximum absolute atomic E-state index is 13.1. The van der Waals surface area contributed by atoms with E-state index in [1.807, 2.05) is 0 Å². The number of alkyl halides is 3. The van der Waals surface area contributed by atoms with E-state index in [1.54, 1.807) is 12.1 Å². The highest BCUT2D eigenvalue weighted by atomic mass is 35.5. The lowest BCUT2D eigenvalue weighted by Crippen LogP contribution is -2.08. The summed E-state index contributed by atoms with van der Waals surface area (Å²) in [6, 6.07) is 7.14. The molecule has 2 N–H and O–H groups in total. The van der Waals surface area contributed by atoms with Gasteiger partial charge in [-0.3, -0.25) is 0 Å². The molecule has 0 fully saturated rings. The number of hydrogen-bond donors (Lipinski definition) is 1. The number of nitrogens with two attached hydrogens (primary N) is 1. The van der Waals surface area contributed by atoms with E-state index < -0.39 is 17.6 Å². The molecule has 0 aliphatic rings. The molecule has 0 atom stereocenters. The quantitative estimate of drug-likeness (QED) is 0.659. The van der Waals surface area contributed by atoms with Crippen molar-refractivity contribution in [2.24, 2.45) is 0 Å². The number of rotatable bonds is 3. The largest absolute Gasteiger partial charge is 0.489 e. The zero-order chi connectivity index (χ0) is 15.6. The molecule has 7 heteroatoms. The molecule has 112 valence electrons. The smallest absolute Gasteiger partial charge is 0.419 e. The van der Waals surface area contributed by atoms with E-state index in [1.165, 1.54) is 6.07 Å². The van der Waals surface area contributed by atoms with E-state index in [0.29, 0.717) is 28.4 Å². The molecular formula is C14H10ClF4NO. The van der Waals surface area contributed by atoms with Crippen molar-refractivity contribution < 1.29 is 22.3 Å². The molecule has 0 amide bonds. The van der Waals surface area contributed by atoms with E-state index in [-0.39, 0.29) is 12.4 Å². The van der Waals surface area contributed by atoms with Crippen LogP contribution in [0.1, 0.15) is 11.1 Å². The van der Waals surface area contributed by atoms with E-state index >= 15 is 0 Å². The van der Waals surface area contributed by atoms with E-state index in [0.717, 1.165) is 6.07 Å². The van der Waals surface area contributed by atoms with Gasteiger partial charge in [0.05, 0.1) is 5.56 Å². The molecule has 0 aliphatic heterocycles. The molecular weight excluding hydrogens is 310 g/mol. The van der Waals surface area contributed by atoms with Crippen molar-refractivity contribution >= 4 is 17.3 Å². The first-order valence-electron chi connectivity index (χ1n) is 5.81. The number of halogens is 5. The summed E-state index contributed by atoms with van der Waals surface area (Å²) >= 11 is 5.74. The van der Waals surface area contributed by atoms with Gasteiger partial charge in [0.25, 0.3) is 0 Å². The Morgan fingerprint density at radius 2 is 1.81 bits per heavy atom. The van der Waals surface area contributed by atoms with Crippen LogP contribution < -0.4 is 10.5 Å². The van der Waals surface area contributed by atoms with Crippen molar-refractivity contribution in [2.75, 3.05) is 5.73 Å². The second kappa shape index (κ2) is 5.81. The number of anilines is 1. The fourth-order valence-corrected chi connectivity index (χ4v) is 1.85. The maximum atomic E-state index is 13.1. The number of benzene rings is 2. The lowest BCUT2D eigenvalue weighted by Gasteiger charge is -2.12. The van der Waals surface area contributed by atoms with Gasteiger partial charge >= 0.3 is 6.18 Å². The Bertz CT molecular complexity index is 658. The average molecular weight is 320 g/mol. The van der Waals surface area contributed by atoms with Gasteiger partial charge in [-0.2, -0.15) is 13.2 Å². The van der Waals surface area contributed by atoms with Gasteiger partial charge in [0.2, 0.25) is 0 Å². The Morgan fingerprint density at radius 1 is 1.10 bits per heavy atom. The summed E-state index contributed by atoms with van der Waals surface area (Å²) in [7, 11) is 0. The molecule has 21 heavy (non-hydrogen) atoms. The molecule has 0 saturated carbocycles. The van der Waals surface area contributed by atoms with E-state index in [2.05, 4.69) is 0 Å². The molecule has 2 nitrogen and oxygen atoms in total. The second-order valence-corrected chi connectivity index (χ2v) is 4.71. The summed E-state index contributed by atoms with van der Waals surface area (Å²) in [4.78, 5) is 0. The molecule has 2 rings (SSSR count). The summed E-state index contributed by atoms with van der Waals surface area (Å²) in [5.41, 5.74) is 5.26. The normalized spacial score (nSPS) is 11.5. The maximum Gasteiger partial charge on any atom is 0.419 e. The van der Waals surface area contributed by atoms with Gasteiger partial charge in [-0.05, 0) is 30.3 Å². The van der Waals surface area contributed by atoms with Crippen LogP contribution in [-0.4, -0.2) is 0 Å². The van der Waals surface area contributed by atoms with Crippen LogP contribution in [0.25, 0.3) is 0 Å². The molecule has 0 unspecified atom stereocenters. The second-order valence-electron chi connectivity index (χ2n) is 4.27. The number of nitrogen functional groups attached to an aromatic ring is 1. The van der Waals surface area contributed by atoms with Crippen molar-refractivity contribution in [3.05, 3.63) is 58.4 Å². The van der Waals surface area contributed by atoms with Crippen LogP contribution in [0.5, 0.6) is 5.75 Å². The zero-order valence-electron chi connectivity index (χ0n) is 10.5. The third-order valence-electron chi connectivity index (χ3n) is 2.75. The lowest BCUT2D eigenvalue weighted by molar-refractivity contribution is -0.140. The zero-order valence-corrected chi connectivity index (χ0v) is 11.3. The summed E-state index contributed by atoms with van der Waals surface area (Å²) in [6.07, 6.45) is -4.78. The molecule has 0 saturated heterocycles. The molecule has 0 aromatic heterocycles. The van der Waals surface area contributed by atoms with E-state index in [9.17, 15) is 17.6 Å². The number of hydrogen-bond acceptors (Lipinski definition) is 2. The van der Waals surface area contributed by atoms with Crippen LogP contribution in [-0.2, 0) is 12.8 Å². The van der Waals surface area contributed by atoms with Gasteiger partial charge in [0, 0.05) is 16.3 Å². The van der Waals surface area contributed by atoms with Crippen LogP contribution in [0.3, 0.4) is 0 Å². The Balaban J connectivity index is 2.17.